The fraction of sp³-hybridized carbons (Fsp3) is 0.200. The first-order valence-corrected chi connectivity index (χ1v) is 10.3. The van der Waals surface area contributed by atoms with Crippen molar-refractivity contribution in [3.8, 4) is 0 Å². The Labute approximate surface area is 183 Å². The quantitative estimate of drug-likeness (QED) is 0.564. The van der Waals surface area contributed by atoms with Crippen molar-refractivity contribution >= 4 is 23.2 Å². The van der Waals surface area contributed by atoms with E-state index in [2.05, 4.69) is 0 Å². The molecule has 0 saturated carbocycles. The van der Waals surface area contributed by atoms with Crippen LogP contribution in [0.2, 0.25) is 0 Å². The fourth-order valence-corrected chi connectivity index (χ4v) is 4.54. The number of hydrogen-bond donors (Lipinski definition) is 0. The highest BCUT2D eigenvalue weighted by molar-refractivity contribution is 6.24. The largest absolute Gasteiger partial charge is 0.273 e. The second kappa shape index (κ2) is 7.53. The number of carbonyl (C=O) groups is 2. The third-order valence-electron chi connectivity index (χ3n) is 6.00. The van der Waals surface area contributed by atoms with Crippen LogP contribution in [0.25, 0.3) is 0 Å². The summed E-state index contributed by atoms with van der Waals surface area (Å²) in [7, 11) is 0. The average molecular weight is 434 g/mol. The lowest BCUT2D eigenvalue weighted by Crippen LogP contribution is -2.37. The van der Waals surface area contributed by atoms with Gasteiger partial charge < -0.3 is 0 Å². The van der Waals surface area contributed by atoms with E-state index in [0.29, 0.717) is 16.9 Å². The van der Waals surface area contributed by atoms with Gasteiger partial charge in [0.2, 0.25) is 5.91 Å². The molecule has 0 bridgehead atoms. The van der Waals surface area contributed by atoms with Crippen LogP contribution >= 0.6 is 0 Å². The van der Waals surface area contributed by atoms with Gasteiger partial charge in [0.05, 0.1) is 17.4 Å². The summed E-state index contributed by atoms with van der Waals surface area (Å²) in [6.45, 7) is 3.76. The number of carbonyl (C=O) groups excluding carboxylic acids is 2. The molecule has 2 saturated heterocycles. The third-order valence-corrected chi connectivity index (χ3v) is 6.00. The van der Waals surface area contributed by atoms with Crippen molar-refractivity contribution in [1.82, 2.24) is 0 Å². The van der Waals surface area contributed by atoms with Gasteiger partial charge in [-0.1, -0.05) is 42.0 Å². The average Bonchev–Trinajstić information content (AvgIpc) is 3.28. The van der Waals surface area contributed by atoms with Gasteiger partial charge in [0.25, 0.3) is 5.91 Å². The first kappa shape index (κ1) is 20.3. The first-order chi connectivity index (χ1) is 15.4. The zero-order valence-electron chi connectivity index (χ0n) is 17.5. The number of amides is 2. The van der Waals surface area contributed by atoms with Crippen molar-refractivity contribution in [1.29, 1.82) is 0 Å². The van der Waals surface area contributed by atoms with Gasteiger partial charge in [-0.05, 0) is 55.3 Å². The molecule has 2 aliphatic rings. The summed E-state index contributed by atoms with van der Waals surface area (Å²) in [6, 6.07) is 17.1. The Balaban J connectivity index is 1.61. The number of hydrogen-bond acceptors (Lipinski definition) is 4. The van der Waals surface area contributed by atoms with Gasteiger partial charge in [-0.2, -0.15) is 0 Å². The van der Waals surface area contributed by atoms with E-state index in [0.717, 1.165) is 28.2 Å². The molecule has 5 nitrogen and oxygen atoms in total. The number of fused-ring (bicyclic) bond motifs is 1. The third kappa shape index (κ3) is 3.08. The maximum absolute atomic E-state index is 14.1. The molecule has 162 valence electrons. The molecule has 2 fully saturated rings. The van der Waals surface area contributed by atoms with Crippen molar-refractivity contribution in [2.24, 2.45) is 5.92 Å². The summed E-state index contributed by atoms with van der Waals surface area (Å²) in [5, 5.41) is 1.46. The van der Waals surface area contributed by atoms with Crippen molar-refractivity contribution in [3.05, 3.63) is 95.1 Å². The zero-order valence-corrected chi connectivity index (χ0v) is 17.5. The van der Waals surface area contributed by atoms with E-state index in [9.17, 15) is 18.4 Å². The molecular formula is C25H20F2N2O3. The normalized spacial score (nSPS) is 22.6. The molecule has 3 atom stereocenters. The minimum atomic E-state index is -1.07. The van der Waals surface area contributed by atoms with Crippen LogP contribution in [0.1, 0.15) is 22.7 Å². The molecular weight excluding hydrogens is 414 g/mol. The Morgan fingerprint density at radius 2 is 1.59 bits per heavy atom. The van der Waals surface area contributed by atoms with Crippen LogP contribution in [0.5, 0.6) is 0 Å². The van der Waals surface area contributed by atoms with Crippen LogP contribution in [0.3, 0.4) is 0 Å². The van der Waals surface area contributed by atoms with E-state index in [4.69, 9.17) is 4.84 Å². The number of hydroxylamine groups is 1. The number of benzene rings is 3. The van der Waals surface area contributed by atoms with Gasteiger partial charge in [0.1, 0.15) is 5.92 Å². The number of anilines is 2. The van der Waals surface area contributed by atoms with Crippen LogP contribution in [0.4, 0.5) is 20.2 Å². The molecule has 0 aliphatic carbocycles. The molecule has 0 N–H and O–H groups in total. The van der Waals surface area contributed by atoms with E-state index in [1.165, 1.54) is 11.1 Å². The Bertz CT molecular complexity index is 1230. The lowest BCUT2D eigenvalue weighted by Gasteiger charge is -2.29. The lowest BCUT2D eigenvalue weighted by molar-refractivity contribution is -0.126. The monoisotopic (exact) mass is 434 g/mol. The molecule has 0 unspecified atom stereocenters. The Morgan fingerprint density at radius 1 is 0.844 bits per heavy atom. The summed E-state index contributed by atoms with van der Waals surface area (Å²) in [5.74, 6) is -3.82. The molecule has 3 aromatic rings. The van der Waals surface area contributed by atoms with Crippen molar-refractivity contribution in [2.45, 2.75) is 26.0 Å². The highest BCUT2D eigenvalue weighted by Gasteiger charge is 2.60. The van der Waals surface area contributed by atoms with E-state index in [1.807, 2.05) is 32.0 Å². The molecule has 32 heavy (non-hydrogen) atoms. The Kier molecular flexibility index (Phi) is 4.78. The van der Waals surface area contributed by atoms with E-state index < -0.39 is 41.5 Å². The lowest BCUT2D eigenvalue weighted by atomic mass is 9.90. The summed E-state index contributed by atoms with van der Waals surface area (Å²) in [6.07, 6.45) is -1.07. The maximum atomic E-state index is 14.1. The molecule has 0 radical (unpaired) electrons. The molecule has 2 aliphatic heterocycles. The van der Waals surface area contributed by atoms with Crippen molar-refractivity contribution < 1.29 is 23.2 Å². The number of aryl methyl sites for hydroxylation is 2. The van der Waals surface area contributed by atoms with Crippen molar-refractivity contribution in [2.75, 3.05) is 9.96 Å². The van der Waals surface area contributed by atoms with Crippen LogP contribution in [-0.2, 0) is 14.4 Å². The Morgan fingerprint density at radius 3 is 2.28 bits per heavy atom. The summed E-state index contributed by atoms with van der Waals surface area (Å²) in [4.78, 5) is 34.1. The van der Waals surface area contributed by atoms with Gasteiger partial charge in [0.15, 0.2) is 17.7 Å². The molecule has 0 aromatic heterocycles. The SMILES string of the molecule is Cc1ccc(N2C(=O)[C@@H]3[C@@H](ON(c4ccccc4)[C@H]3c3ccc(F)c(F)c3)C2=O)c(C)c1. The van der Waals surface area contributed by atoms with Crippen LogP contribution in [0, 0.1) is 31.4 Å². The molecule has 2 heterocycles. The predicted octanol–water partition coefficient (Wildman–Crippen LogP) is 4.63. The minimum absolute atomic E-state index is 0.351. The van der Waals surface area contributed by atoms with Gasteiger partial charge in [-0.25, -0.2) is 18.7 Å². The zero-order chi connectivity index (χ0) is 22.6. The van der Waals surface area contributed by atoms with Gasteiger partial charge >= 0.3 is 0 Å². The highest BCUT2D eigenvalue weighted by atomic mass is 19.2. The van der Waals surface area contributed by atoms with Crippen LogP contribution in [-0.4, -0.2) is 17.9 Å². The molecule has 0 spiro atoms. The second-order valence-corrected chi connectivity index (χ2v) is 8.13. The van der Waals surface area contributed by atoms with Gasteiger partial charge in [-0.3, -0.25) is 14.4 Å². The topological polar surface area (TPSA) is 49.9 Å². The number of imide groups is 1. The molecule has 2 amide bonds. The molecule has 3 aromatic carbocycles. The number of nitrogens with zero attached hydrogens (tertiary/aromatic N) is 2. The minimum Gasteiger partial charge on any atom is -0.273 e. The second-order valence-electron chi connectivity index (χ2n) is 8.13. The van der Waals surface area contributed by atoms with Gasteiger partial charge in [-0.15, -0.1) is 0 Å². The van der Waals surface area contributed by atoms with Crippen LogP contribution in [0.15, 0.2) is 66.7 Å². The van der Waals surface area contributed by atoms with Crippen LogP contribution < -0.4 is 9.96 Å². The molecule has 7 heteroatoms. The Hall–Kier alpha value is -3.58. The smallest absolute Gasteiger partial charge is 0.266 e. The van der Waals surface area contributed by atoms with E-state index in [1.54, 1.807) is 30.3 Å². The van der Waals surface area contributed by atoms with E-state index >= 15 is 0 Å². The van der Waals surface area contributed by atoms with E-state index in [-0.39, 0.29) is 0 Å². The summed E-state index contributed by atoms with van der Waals surface area (Å²) < 4.78 is 27.7. The number of para-hydroxylation sites is 1. The maximum Gasteiger partial charge on any atom is 0.266 e. The number of halogens is 2. The predicted molar refractivity (Wildman–Crippen MR) is 115 cm³/mol. The van der Waals surface area contributed by atoms with Crippen molar-refractivity contribution in [3.63, 3.8) is 0 Å². The molecule has 5 rings (SSSR count). The highest BCUT2D eigenvalue weighted by Crippen LogP contribution is 2.48. The van der Waals surface area contributed by atoms with Gasteiger partial charge in [0, 0.05) is 0 Å². The number of rotatable bonds is 3. The standard InChI is InChI=1S/C25H20F2N2O3/c1-14-8-11-20(15(2)12-14)28-24(30)21-22(16-9-10-18(26)19(27)13-16)29(32-23(21)25(28)31)17-6-4-3-5-7-17/h3-13,21-23H,1-2H3/t21-,22-,23+/m0/s1. The summed E-state index contributed by atoms with van der Waals surface area (Å²) >= 11 is 0. The summed E-state index contributed by atoms with van der Waals surface area (Å²) in [5.41, 5.74) is 3.26. The fourth-order valence-electron chi connectivity index (χ4n) is 4.54. The first-order valence-electron chi connectivity index (χ1n) is 10.3.